The number of hydrogen-bond acceptors (Lipinski definition) is 3. The van der Waals surface area contributed by atoms with Crippen LogP contribution in [0.15, 0.2) is 18.2 Å². The fourth-order valence-electron chi connectivity index (χ4n) is 2.05. The van der Waals surface area contributed by atoms with E-state index >= 15 is 0 Å². The Morgan fingerprint density at radius 3 is 2.56 bits per heavy atom. The summed E-state index contributed by atoms with van der Waals surface area (Å²) in [4.78, 5) is 0. The minimum Gasteiger partial charge on any atom is -0.490 e. The smallest absolute Gasteiger partial charge is 0.161 e. The van der Waals surface area contributed by atoms with Crippen molar-refractivity contribution in [1.29, 1.82) is 0 Å². The highest BCUT2D eigenvalue weighted by Gasteiger charge is 2.14. The van der Waals surface area contributed by atoms with Gasteiger partial charge in [0, 0.05) is 6.42 Å². The van der Waals surface area contributed by atoms with Crippen LogP contribution in [0.4, 0.5) is 0 Å². The maximum atomic E-state index is 10.1. The predicted molar refractivity (Wildman–Crippen MR) is 71.1 cm³/mol. The number of benzene rings is 1. The van der Waals surface area contributed by atoms with Gasteiger partial charge in [-0.3, -0.25) is 0 Å². The van der Waals surface area contributed by atoms with Gasteiger partial charge in [0.25, 0.3) is 0 Å². The summed E-state index contributed by atoms with van der Waals surface area (Å²) in [6, 6.07) is 5.73. The molecule has 1 N–H and O–H groups in total. The summed E-state index contributed by atoms with van der Waals surface area (Å²) in [5.41, 5.74) is 0.917. The van der Waals surface area contributed by atoms with E-state index in [-0.39, 0.29) is 0 Å². The van der Waals surface area contributed by atoms with Crippen molar-refractivity contribution in [2.24, 2.45) is 5.92 Å². The Kier molecular flexibility index (Phi) is 4.48. The van der Waals surface area contributed by atoms with E-state index in [9.17, 15) is 5.11 Å². The van der Waals surface area contributed by atoms with Crippen LogP contribution in [0.1, 0.15) is 44.8 Å². The molecule has 0 aromatic heterocycles. The van der Waals surface area contributed by atoms with Gasteiger partial charge in [-0.1, -0.05) is 19.9 Å². The number of hydrogen-bond donors (Lipinski definition) is 1. The summed E-state index contributed by atoms with van der Waals surface area (Å²) < 4.78 is 11.2. The Balaban J connectivity index is 2.07. The summed E-state index contributed by atoms with van der Waals surface area (Å²) in [5, 5.41) is 10.1. The van der Waals surface area contributed by atoms with Crippen molar-refractivity contribution in [3.63, 3.8) is 0 Å². The SMILES string of the molecule is CC(C)CCC(O)c1ccc2c(c1)OCCCO2. The lowest BCUT2D eigenvalue weighted by molar-refractivity contribution is 0.158. The Hall–Kier alpha value is -1.22. The molecule has 100 valence electrons. The van der Waals surface area contributed by atoms with Gasteiger partial charge < -0.3 is 14.6 Å². The first-order valence-electron chi connectivity index (χ1n) is 6.74. The topological polar surface area (TPSA) is 38.7 Å². The zero-order valence-corrected chi connectivity index (χ0v) is 11.2. The normalized spacial score (nSPS) is 16.4. The van der Waals surface area contributed by atoms with Gasteiger partial charge >= 0.3 is 0 Å². The zero-order valence-electron chi connectivity index (χ0n) is 11.2. The third-order valence-electron chi connectivity index (χ3n) is 3.17. The molecular weight excluding hydrogens is 228 g/mol. The maximum absolute atomic E-state index is 10.1. The summed E-state index contributed by atoms with van der Waals surface area (Å²) in [5.74, 6) is 2.15. The Morgan fingerprint density at radius 1 is 1.11 bits per heavy atom. The third kappa shape index (κ3) is 3.39. The van der Waals surface area contributed by atoms with Gasteiger partial charge in [0.2, 0.25) is 0 Å². The molecule has 18 heavy (non-hydrogen) atoms. The van der Waals surface area contributed by atoms with E-state index in [2.05, 4.69) is 13.8 Å². The van der Waals surface area contributed by atoms with E-state index in [0.717, 1.165) is 36.3 Å². The molecular formula is C15H22O3. The zero-order chi connectivity index (χ0) is 13.0. The van der Waals surface area contributed by atoms with Crippen LogP contribution in [-0.2, 0) is 0 Å². The van der Waals surface area contributed by atoms with Crippen LogP contribution in [-0.4, -0.2) is 18.3 Å². The summed E-state index contributed by atoms with van der Waals surface area (Å²) in [6.45, 7) is 5.71. The van der Waals surface area contributed by atoms with Gasteiger partial charge in [0.1, 0.15) is 0 Å². The Bertz CT molecular complexity index is 387. The Labute approximate surface area is 109 Å². The summed E-state index contributed by atoms with van der Waals surface area (Å²) in [7, 11) is 0. The molecule has 1 unspecified atom stereocenters. The molecule has 1 heterocycles. The van der Waals surface area contributed by atoms with Crippen molar-refractivity contribution in [2.75, 3.05) is 13.2 Å². The maximum Gasteiger partial charge on any atom is 0.161 e. The molecule has 1 aromatic carbocycles. The number of fused-ring (bicyclic) bond motifs is 1. The molecule has 0 fully saturated rings. The van der Waals surface area contributed by atoms with Gasteiger partial charge in [-0.15, -0.1) is 0 Å². The largest absolute Gasteiger partial charge is 0.490 e. The fourth-order valence-corrected chi connectivity index (χ4v) is 2.05. The molecule has 0 spiro atoms. The lowest BCUT2D eigenvalue weighted by Gasteiger charge is -2.15. The van der Waals surface area contributed by atoms with Crippen LogP contribution in [0, 0.1) is 5.92 Å². The molecule has 3 nitrogen and oxygen atoms in total. The summed E-state index contributed by atoms with van der Waals surface area (Å²) in [6.07, 6.45) is 2.30. The van der Waals surface area contributed by atoms with Gasteiger partial charge in [-0.2, -0.15) is 0 Å². The van der Waals surface area contributed by atoms with E-state index in [1.54, 1.807) is 0 Å². The van der Waals surface area contributed by atoms with Gasteiger partial charge in [0.05, 0.1) is 19.3 Å². The van der Waals surface area contributed by atoms with Crippen molar-refractivity contribution in [1.82, 2.24) is 0 Å². The van der Waals surface area contributed by atoms with Crippen LogP contribution in [0.25, 0.3) is 0 Å². The third-order valence-corrected chi connectivity index (χ3v) is 3.17. The molecule has 0 saturated carbocycles. The van der Waals surface area contributed by atoms with Crippen molar-refractivity contribution >= 4 is 0 Å². The molecule has 0 amide bonds. The first kappa shape index (κ1) is 13.2. The standard InChI is InChI=1S/C15H22O3/c1-11(2)4-6-13(16)12-5-7-14-15(10-12)18-9-3-8-17-14/h5,7,10-11,13,16H,3-4,6,8-9H2,1-2H3. The number of ether oxygens (including phenoxy) is 2. The number of aliphatic hydroxyl groups is 1. The second-order valence-corrected chi connectivity index (χ2v) is 5.24. The lowest BCUT2D eigenvalue weighted by atomic mass is 9.99. The molecule has 0 saturated heterocycles. The lowest BCUT2D eigenvalue weighted by Crippen LogP contribution is -2.01. The van der Waals surface area contributed by atoms with E-state index < -0.39 is 6.10 Å². The fraction of sp³-hybridized carbons (Fsp3) is 0.600. The summed E-state index contributed by atoms with van der Waals surface area (Å²) >= 11 is 0. The van der Waals surface area contributed by atoms with E-state index in [4.69, 9.17) is 9.47 Å². The van der Waals surface area contributed by atoms with Gasteiger partial charge in [-0.05, 0) is 36.5 Å². The van der Waals surface area contributed by atoms with Gasteiger partial charge in [0.15, 0.2) is 11.5 Å². The number of rotatable bonds is 4. The van der Waals surface area contributed by atoms with E-state index in [1.807, 2.05) is 18.2 Å². The second kappa shape index (κ2) is 6.10. The Morgan fingerprint density at radius 2 is 1.83 bits per heavy atom. The van der Waals surface area contributed by atoms with E-state index in [0.29, 0.717) is 19.1 Å². The van der Waals surface area contributed by atoms with Crippen LogP contribution in [0.5, 0.6) is 11.5 Å². The second-order valence-electron chi connectivity index (χ2n) is 5.24. The van der Waals surface area contributed by atoms with Crippen molar-refractivity contribution in [3.05, 3.63) is 23.8 Å². The highest BCUT2D eigenvalue weighted by molar-refractivity contribution is 5.44. The predicted octanol–water partition coefficient (Wildman–Crippen LogP) is 3.32. The minimum atomic E-state index is -0.412. The first-order valence-corrected chi connectivity index (χ1v) is 6.74. The first-order chi connectivity index (χ1) is 8.66. The van der Waals surface area contributed by atoms with Crippen molar-refractivity contribution in [2.45, 2.75) is 39.2 Å². The highest BCUT2D eigenvalue weighted by atomic mass is 16.5. The van der Waals surface area contributed by atoms with Crippen LogP contribution < -0.4 is 9.47 Å². The molecule has 1 aliphatic rings. The molecule has 2 rings (SSSR count). The van der Waals surface area contributed by atoms with Crippen molar-refractivity contribution in [3.8, 4) is 11.5 Å². The van der Waals surface area contributed by atoms with Crippen molar-refractivity contribution < 1.29 is 14.6 Å². The van der Waals surface area contributed by atoms with Crippen LogP contribution in [0.2, 0.25) is 0 Å². The quantitative estimate of drug-likeness (QED) is 0.891. The average Bonchev–Trinajstić information content (AvgIpc) is 2.60. The number of aliphatic hydroxyl groups excluding tert-OH is 1. The average molecular weight is 250 g/mol. The molecule has 0 radical (unpaired) electrons. The minimum absolute atomic E-state index is 0.412. The molecule has 0 aliphatic carbocycles. The monoisotopic (exact) mass is 250 g/mol. The molecule has 1 atom stereocenters. The van der Waals surface area contributed by atoms with Gasteiger partial charge in [-0.25, -0.2) is 0 Å². The van der Waals surface area contributed by atoms with Crippen LogP contribution in [0.3, 0.4) is 0 Å². The molecule has 0 bridgehead atoms. The van der Waals surface area contributed by atoms with E-state index in [1.165, 1.54) is 0 Å². The highest BCUT2D eigenvalue weighted by Crippen LogP contribution is 2.33. The molecule has 1 aliphatic heterocycles. The molecule has 3 heteroatoms. The van der Waals surface area contributed by atoms with Crippen LogP contribution >= 0.6 is 0 Å². The molecule has 1 aromatic rings.